The first-order valence-corrected chi connectivity index (χ1v) is 11.3. The minimum Gasteiger partial charge on any atom is -0.447 e. The molecule has 168 valence electrons. The predicted molar refractivity (Wildman–Crippen MR) is 127 cm³/mol. The summed E-state index contributed by atoms with van der Waals surface area (Å²) in [6, 6.07) is 19.8. The van der Waals surface area contributed by atoms with Crippen molar-refractivity contribution in [3.63, 3.8) is 0 Å². The molecule has 2 aromatic heterocycles. The summed E-state index contributed by atoms with van der Waals surface area (Å²) in [5.74, 6) is 0.511. The normalized spacial score (nSPS) is 15.5. The molecule has 0 N–H and O–H groups in total. The van der Waals surface area contributed by atoms with Crippen LogP contribution >= 0.6 is 0 Å². The second kappa shape index (κ2) is 9.55. The third kappa shape index (κ3) is 4.66. The topological polar surface area (TPSA) is 45.4 Å². The summed E-state index contributed by atoms with van der Waals surface area (Å²) < 4.78 is 20.8. The van der Waals surface area contributed by atoms with E-state index in [-0.39, 0.29) is 11.9 Å². The van der Waals surface area contributed by atoms with Crippen LogP contribution in [-0.4, -0.2) is 41.0 Å². The Morgan fingerprint density at radius 3 is 2.45 bits per heavy atom. The average Bonchev–Trinajstić information content (AvgIpc) is 3.37. The fourth-order valence-electron chi connectivity index (χ4n) is 4.55. The van der Waals surface area contributed by atoms with Gasteiger partial charge in [0.05, 0.1) is 11.9 Å². The monoisotopic (exact) mass is 442 g/mol. The Bertz CT molecular complexity index is 1190. The number of hydrogen-bond donors (Lipinski definition) is 0. The summed E-state index contributed by atoms with van der Waals surface area (Å²) in [4.78, 5) is 13.3. The maximum atomic E-state index is 15.1. The highest BCUT2D eigenvalue weighted by Gasteiger charge is 2.30. The van der Waals surface area contributed by atoms with Crippen molar-refractivity contribution in [2.75, 3.05) is 31.1 Å². The molecule has 0 bridgehead atoms. The van der Waals surface area contributed by atoms with E-state index in [1.807, 2.05) is 49.4 Å². The van der Waals surface area contributed by atoms with Crippen molar-refractivity contribution in [2.45, 2.75) is 19.4 Å². The minimum absolute atomic E-state index is 0.0443. The molecule has 0 spiro atoms. The van der Waals surface area contributed by atoms with Gasteiger partial charge in [-0.05, 0) is 41.8 Å². The molecule has 1 atom stereocenters. The maximum Gasteiger partial charge on any atom is 0.215 e. The van der Waals surface area contributed by atoms with E-state index >= 15 is 4.39 Å². The zero-order chi connectivity index (χ0) is 22.6. The Hall–Kier alpha value is -3.51. The van der Waals surface area contributed by atoms with E-state index in [9.17, 15) is 0 Å². The Kier molecular flexibility index (Phi) is 6.17. The lowest BCUT2D eigenvalue weighted by atomic mass is 10.0. The molecule has 1 fully saturated rings. The summed E-state index contributed by atoms with van der Waals surface area (Å²) in [5.41, 5.74) is 4.84. The van der Waals surface area contributed by atoms with Gasteiger partial charge >= 0.3 is 0 Å². The quantitative estimate of drug-likeness (QED) is 0.420. The van der Waals surface area contributed by atoms with Crippen LogP contribution in [0.15, 0.2) is 83.7 Å². The molecule has 33 heavy (non-hydrogen) atoms. The first-order chi connectivity index (χ1) is 16.2. The molecule has 5 nitrogen and oxygen atoms in total. The predicted octanol–water partition coefficient (Wildman–Crippen LogP) is 5.02. The van der Waals surface area contributed by atoms with Crippen LogP contribution in [0.4, 0.5) is 10.1 Å². The molecule has 0 amide bonds. The average molecular weight is 443 g/mol. The molecule has 0 saturated carbocycles. The van der Waals surface area contributed by atoms with Crippen LogP contribution in [0, 0.1) is 12.7 Å². The number of rotatable bonds is 6. The summed E-state index contributed by atoms with van der Waals surface area (Å²) in [7, 11) is 0. The number of aromatic nitrogens is 2. The van der Waals surface area contributed by atoms with Gasteiger partial charge < -0.3 is 9.32 Å². The fourth-order valence-corrected chi connectivity index (χ4v) is 4.55. The molecule has 1 aliphatic heterocycles. The Morgan fingerprint density at radius 1 is 0.939 bits per heavy atom. The molecule has 1 aliphatic rings. The van der Waals surface area contributed by atoms with Crippen molar-refractivity contribution in [2.24, 2.45) is 0 Å². The zero-order valence-corrected chi connectivity index (χ0v) is 18.7. The third-order valence-electron chi connectivity index (χ3n) is 6.32. The number of nitrogens with zero attached hydrogens (tertiary/aromatic N) is 4. The molecular weight excluding hydrogens is 415 g/mol. The number of hydrogen-bond acceptors (Lipinski definition) is 5. The van der Waals surface area contributed by atoms with Crippen LogP contribution in [0.25, 0.3) is 0 Å². The number of oxazole rings is 1. The van der Waals surface area contributed by atoms with Gasteiger partial charge in [0.1, 0.15) is 18.1 Å². The molecule has 0 radical (unpaired) electrons. The van der Waals surface area contributed by atoms with Crippen LogP contribution < -0.4 is 4.90 Å². The summed E-state index contributed by atoms with van der Waals surface area (Å²) in [5, 5.41) is 0. The number of halogens is 1. The molecule has 5 rings (SSSR count). The minimum atomic E-state index is -0.179. The van der Waals surface area contributed by atoms with Crippen molar-refractivity contribution in [1.82, 2.24) is 14.9 Å². The lowest BCUT2D eigenvalue weighted by molar-refractivity contribution is 0.187. The van der Waals surface area contributed by atoms with Crippen molar-refractivity contribution >= 4 is 5.69 Å². The van der Waals surface area contributed by atoms with E-state index in [2.05, 4.69) is 31.9 Å². The van der Waals surface area contributed by atoms with E-state index in [1.165, 1.54) is 0 Å². The lowest BCUT2D eigenvalue weighted by Crippen LogP contribution is -2.48. The highest BCUT2D eigenvalue weighted by atomic mass is 19.1. The van der Waals surface area contributed by atoms with Crippen molar-refractivity contribution in [3.8, 4) is 0 Å². The van der Waals surface area contributed by atoms with Gasteiger partial charge in [0, 0.05) is 44.5 Å². The third-order valence-corrected chi connectivity index (χ3v) is 6.32. The van der Waals surface area contributed by atoms with Gasteiger partial charge in [-0.2, -0.15) is 0 Å². The van der Waals surface area contributed by atoms with Crippen molar-refractivity contribution in [3.05, 3.63) is 113 Å². The number of aryl methyl sites for hydroxylation is 1. The first-order valence-electron chi connectivity index (χ1n) is 11.3. The highest BCUT2D eigenvalue weighted by Crippen LogP contribution is 2.30. The summed E-state index contributed by atoms with van der Waals surface area (Å²) >= 11 is 0. The van der Waals surface area contributed by atoms with E-state index in [4.69, 9.17) is 4.42 Å². The molecule has 0 aliphatic carbocycles. The van der Waals surface area contributed by atoms with Gasteiger partial charge in [-0.25, -0.2) is 9.37 Å². The highest BCUT2D eigenvalue weighted by molar-refractivity contribution is 5.50. The maximum absolute atomic E-state index is 15.1. The standard InChI is InChI=1S/C27H27FN4O/c1-20-6-5-11-29-24(20)19-21-9-10-25(23(28)18-21)31-13-15-32(16-14-31)26(27-30-12-17-33-27)22-7-3-2-4-8-22/h2-12,17-18,26H,13-16,19H2,1H3. The summed E-state index contributed by atoms with van der Waals surface area (Å²) in [6.45, 7) is 5.08. The van der Waals surface area contributed by atoms with Gasteiger partial charge in [0.2, 0.25) is 5.89 Å². The van der Waals surface area contributed by atoms with Gasteiger partial charge in [0.25, 0.3) is 0 Å². The summed E-state index contributed by atoms with van der Waals surface area (Å²) in [6.07, 6.45) is 5.72. The number of pyridine rings is 1. The van der Waals surface area contributed by atoms with E-state index in [1.54, 1.807) is 24.7 Å². The largest absolute Gasteiger partial charge is 0.447 e. The Morgan fingerprint density at radius 2 is 1.76 bits per heavy atom. The van der Waals surface area contributed by atoms with Crippen LogP contribution in [0.2, 0.25) is 0 Å². The lowest BCUT2D eigenvalue weighted by Gasteiger charge is -2.39. The molecular formula is C27H27FN4O. The van der Waals surface area contributed by atoms with E-state index in [0.29, 0.717) is 18.0 Å². The molecule has 3 heterocycles. The SMILES string of the molecule is Cc1cccnc1Cc1ccc(N2CCN(C(c3ccccc3)c3ncco3)CC2)c(F)c1. The number of benzene rings is 2. The smallest absolute Gasteiger partial charge is 0.215 e. The van der Waals surface area contributed by atoms with Gasteiger partial charge in [-0.15, -0.1) is 0 Å². The number of piperazine rings is 1. The first kappa shape index (κ1) is 21.3. The van der Waals surface area contributed by atoms with Crippen LogP contribution in [0.3, 0.4) is 0 Å². The Labute approximate surface area is 193 Å². The second-order valence-corrected chi connectivity index (χ2v) is 8.44. The molecule has 1 unspecified atom stereocenters. The van der Waals surface area contributed by atoms with E-state index < -0.39 is 0 Å². The van der Waals surface area contributed by atoms with E-state index in [0.717, 1.165) is 48.6 Å². The van der Waals surface area contributed by atoms with Crippen LogP contribution in [0.1, 0.15) is 34.3 Å². The second-order valence-electron chi connectivity index (χ2n) is 8.44. The van der Waals surface area contributed by atoms with Gasteiger partial charge in [-0.3, -0.25) is 9.88 Å². The number of anilines is 1. The van der Waals surface area contributed by atoms with Crippen molar-refractivity contribution < 1.29 is 8.81 Å². The molecule has 4 aromatic rings. The van der Waals surface area contributed by atoms with Gasteiger partial charge in [-0.1, -0.05) is 42.5 Å². The van der Waals surface area contributed by atoms with Crippen LogP contribution in [-0.2, 0) is 6.42 Å². The Balaban J connectivity index is 1.29. The molecule has 6 heteroatoms. The molecule has 1 saturated heterocycles. The zero-order valence-electron chi connectivity index (χ0n) is 18.7. The van der Waals surface area contributed by atoms with Crippen molar-refractivity contribution in [1.29, 1.82) is 0 Å². The van der Waals surface area contributed by atoms with Crippen LogP contribution in [0.5, 0.6) is 0 Å². The van der Waals surface area contributed by atoms with Gasteiger partial charge in [0.15, 0.2) is 0 Å². The molecule has 2 aromatic carbocycles. The fraction of sp³-hybridized carbons (Fsp3) is 0.259.